The van der Waals surface area contributed by atoms with Gasteiger partial charge in [0.2, 0.25) is 5.82 Å². The molecule has 7 nitrogen and oxygen atoms in total. The number of halogens is 1. The summed E-state index contributed by atoms with van der Waals surface area (Å²) in [6, 6.07) is 7.51. The Bertz CT molecular complexity index is 1270. The quantitative estimate of drug-likeness (QED) is 0.514. The van der Waals surface area contributed by atoms with E-state index in [1.54, 1.807) is 22.0 Å². The molecule has 1 aliphatic carbocycles. The molecule has 30 heavy (non-hydrogen) atoms. The van der Waals surface area contributed by atoms with Crippen molar-refractivity contribution in [2.45, 2.75) is 42.0 Å². The van der Waals surface area contributed by atoms with Gasteiger partial charge in [0.15, 0.2) is 11.5 Å². The molecule has 3 atom stereocenters. The number of H-pyrrole nitrogens is 1. The van der Waals surface area contributed by atoms with Gasteiger partial charge in [-0.15, -0.1) is 0 Å². The molecule has 1 saturated carbocycles. The zero-order valence-corrected chi connectivity index (χ0v) is 17.4. The van der Waals surface area contributed by atoms with Gasteiger partial charge in [-0.05, 0) is 30.4 Å². The number of aromatic nitrogens is 5. The summed E-state index contributed by atoms with van der Waals surface area (Å²) in [6.07, 6.45) is 3.19. The van der Waals surface area contributed by atoms with Crippen molar-refractivity contribution >= 4 is 33.3 Å². The Morgan fingerprint density at radius 3 is 2.97 bits per heavy atom. The maximum atomic E-state index is 14.3. The van der Waals surface area contributed by atoms with Gasteiger partial charge in [0.05, 0.1) is 26.6 Å². The van der Waals surface area contributed by atoms with Crippen LogP contribution in [0.5, 0.6) is 0 Å². The minimum absolute atomic E-state index is 0.129. The number of aromatic amines is 1. The lowest BCUT2D eigenvalue weighted by Gasteiger charge is -2.24. The van der Waals surface area contributed by atoms with Gasteiger partial charge in [-0.3, -0.25) is 9.31 Å². The van der Waals surface area contributed by atoms with Gasteiger partial charge >= 0.3 is 0 Å². The lowest BCUT2D eigenvalue weighted by atomic mass is 9.98. The van der Waals surface area contributed by atoms with Gasteiger partial charge in [-0.25, -0.2) is 18.9 Å². The average molecular weight is 441 g/mol. The molecule has 0 aliphatic heterocycles. The van der Waals surface area contributed by atoms with E-state index in [-0.39, 0.29) is 5.82 Å². The minimum atomic E-state index is -1.51. The van der Waals surface area contributed by atoms with Crippen LogP contribution in [0.1, 0.15) is 31.5 Å². The fourth-order valence-electron chi connectivity index (χ4n) is 3.81. The summed E-state index contributed by atoms with van der Waals surface area (Å²) >= 11 is 1.58. The third kappa shape index (κ3) is 3.24. The van der Waals surface area contributed by atoms with E-state index in [0.717, 1.165) is 24.1 Å². The third-order valence-corrected chi connectivity index (χ3v) is 7.78. The summed E-state index contributed by atoms with van der Waals surface area (Å²) in [4.78, 5) is 9.20. The van der Waals surface area contributed by atoms with Gasteiger partial charge in [-0.1, -0.05) is 12.8 Å². The number of alkyl halides is 1. The van der Waals surface area contributed by atoms with Crippen LogP contribution in [0.2, 0.25) is 0 Å². The maximum Gasteiger partial charge on any atom is 0.220 e. The molecule has 3 unspecified atom stereocenters. The van der Waals surface area contributed by atoms with Crippen LogP contribution in [0.4, 0.5) is 4.39 Å². The molecule has 4 heterocycles. The topological polar surface area (TPSA) is 100 Å². The molecule has 1 aliphatic rings. The van der Waals surface area contributed by atoms with Gasteiger partial charge in [0.1, 0.15) is 17.8 Å². The van der Waals surface area contributed by atoms with Crippen molar-refractivity contribution in [1.82, 2.24) is 24.7 Å². The Balaban J connectivity index is 1.54. The molecule has 0 amide bonds. The normalized spacial score (nSPS) is 20.3. The number of hydrogen-bond donors (Lipinski definition) is 1. The van der Waals surface area contributed by atoms with E-state index in [0.29, 0.717) is 34.7 Å². The van der Waals surface area contributed by atoms with Crippen LogP contribution in [0.15, 0.2) is 40.1 Å². The minimum Gasteiger partial charge on any atom is -0.276 e. The second-order valence-electron chi connectivity index (χ2n) is 7.18. The van der Waals surface area contributed by atoms with Crippen LogP contribution < -0.4 is 0 Å². The zero-order valence-electron chi connectivity index (χ0n) is 15.8. The summed E-state index contributed by atoms with van der Waals surface area (Å²) in [5, 5.41) is 20.3. The van der Waals surface area contributed by atoms with E-state index >= 15 is 0 Å². The monoisotopic (exact) mass is 440 g/mol. The smallest absolute Gasteiger partial charge is 0.220 e. The van der Waals surface area contributed by atoms with Crippen LogP contribution in [-0.4, -0.2) is 40.4 Å². The number of pyridine rings is 1. The molecular weight excluding hydrogens is 423 g/mol. The summed E-state index contributed by atoms with van der Waals surface area (Å²) in [5.41, 5.74) is 2.70. The first kappa shape index (κ1) is 19.1. The molecule has 4 aromatic heterocycles. The molecule has 5 rings (SSSR count). The first-order valence-corrected chi connectivity index (χ1v) is 11.7. The van der Waals surface area contributed by atoms with Crippen molar-refractivity contribution in [2.24, 2.45) is 0 Å². The lowest BCUT2D eigenvalue weighted by Crippen LogP contribution is -2.30. The Labute approximate surface area is 178 Å². The van der Waals surface area contributed by atoms with Crippen LogP contribution >= 0.6 is 11.3 Å². The second-order valence-corrected chi connectivity index (χ2v) is 9.64. The summed E-state index contributed by atoms with van der Waals surface area (Å²) < 4.78 is 28.8. The number of nitrogens with zero attached hydrogens (tertiary/aromatic N) is 5. The van der Waals surface area contributed by atoms with E-state index in [1.165, 1.54) is 6.20 Å². The molecule has 1 N–H and O–H groups in total. The standard InChI is InChI=1S/C20H17FN6OS2/c21-14-3-1-2-4-17(14)30(28)13-7-16-20(23-10-13)27(19(9-22)24-16)18-8-15(25-26-18)12-5-6-29-11-12/h5-8,10-11,14,17H,1-4H2,(H,25,26). The first-order valence-electron chi connectivity index (χ1n) is 9.57. The largest absolute Gasteiger partial charge is 0.276 e. The molecular formula is C20H17FN6OS2. The third-order valence-electron chi connectivity index (χ3n) is 5.33. The summed E-state index contributed by atoms with van der Waals surface area (Å²) in [7, 11) is -1.51. The van der Waals surface area contributed by atoms with E-state index in [1.807, 2.05) is 22.9 Å². The van der Waals surface area contributed by atoms with Crippen molar-refractivity contribution in [2.75, 3.05) is 0 Å². The number of nitriles is 1. The average Bonchev–Trinajstić information content (AvgIpc) is 3.51. The van der Waals surface area contributed by atoms with Crippen molar-refractivity contribution in [3.05, 3.63) is 41.0 Å². The summed E-state index contributed by atoms with van der Waals surface area (Å²) in [6.45, 7) is 0. The van der Waals surface area contributed by atoms with Crippen LogP contribution in [0.3, 0.4) is 0 Å². The van der Waals surface area contributed by atoms with Crippen LogP contribution in [-0.2, 0) is 10.8 Å². The highest BCUT2D eigenvalue weighted by molar-refractivity contribution is 7.85. The van der Waals surface area contributed by atoms with Crippen LogP contribution in [0, 0.1) is 11.3 Å². The number of hydrogen-bond acceptors (Lipinski definition) is 6. The summed E-state index contributed by atoms with van der Waals surface area (Å²) in [5.74, 6) is 0.623. The van der Waals surface area contributed by atoms with Crippen molar-refractivity contribution in [1.29, 1.82) is 5.26 Å². The second kappa shape index (κ2) is 7.74. The molecule has 0 radical (unpaired) electrons. The highest BCUT2D eigenvalue weighted by Crippen LogP contribution is 2.30. The maximum absolute atomic E-state index is 14.3. The van der Waals surface area contributed by atoms with Gasteiger partial charge in [0, 0.05) is 23.2 Å². The van der Waals surface area contributed by atoms with E-state index < -0.39 is 22.2 Å². The highest BCUT2D eigenvalue weighted by atomic mass is 32.2. The Kier molecular flexibility index (Phi) is 4.92. The molecule has 1 fully saturated rings. The van der Waals surface area contributed by atoms with E-state index in [9.17, 15) is 13.9 Å². The van der Waals surface area contributed by atoms with Gasteiger partial charge in [-0.2, -0.15) is 21.7 Å². The van der Waals surface area contributed by atoms with Crippen molar-refractivity contribution in [3.8, 4) is 23.1 Å². The lowest BCUT2D eigenvalue weighted by molar-refractivity contribution is 0.257. The molecule has 152 valence electrons. The molecule has 0 bridgehead atoms. The first-order chi connectivity index (χ1) is 14.7. The predicted molar refractivity (Wildman–Crippen MR) is 113 cm³/mol. The SMILES string of the molecule is N#Cc1nc2cc(S(=O)C3CCCCC3F)cnc2n1-c1cc(-c2ccsc2)[nH]n1. The van der Waals surface area contributed by atoms with Crippen LogP contribution in [0.25, 0.3) is 28.2 Å². The molecule has 10 heteroatoms. The number of rotatable bonds is 4. The van der Waals surface area contributed by atoms with E-state index in [2.05, 4.69) is 26.2 Å². The fraction of sp³-hybridized carbons (Fsp3) is 0.300. The van der Waals surface area contributed by atoms with Crippen molar-refractivity contribution in [3.63, 3.8) is 0 Å². The zero-order chi connectivity index (χ0) is 20.7. The van der Waals surface area contributed by atoms with E-state index in [4.69, 9.17) is 0 Å². The number of fused-ring (bicyclic) bond motifs is 1. The Morgan fingerprint density at radius 1 is 1.33 bits per heavy atom. The molecule has 0 spiro atoms. The molecule has 0 saturated heterocycles. The fourth-order valence-corrected chi connectivity index (χ4v) is 5.98. The number of imidazole rings is 1. The van der Waals surface area contributed by atoms with Crippen molar-refractivity contribution < 1.29 is 8.60 Å². The predicted octanol–water partition coefficient (Wildman–Crippen LogP) is 4.13. The molecule has 0 aromatic carbocycles. The highest BCUT2D eigenvalue weighted by Gasteiger charge is 2.31. The number of nitrogens with one attached hydrogen (secondary N) is 1. The van der Waals surface area contributed by atoms with Gasteiger partial charge in [0.25, 0.3) is 0 Å². The Morgan fingerprint density at radius 2 is 2.20 bits per heavy atom. The molecule has 4 aromatic rings. The number of thiophene rings is 1. The Hall–Kier alpha value is -2.90. The van der Waals surface area contributed by atoms with Gasteiger partial charge < -0.3 is 0 Å².